The maximum Gasteiger partial charge on any atom is 0.242 e. The van der Waals surface area contributed by atoms with Gasteiger partial charge in [0, 0.05) is 19.5 Å². The van der Waals surface area contributed by atoms with Gasteiger partial charge < -0.3 is 5.32 Å². The van der Waals surface area contributed by atoms with Crippen molar-refractivity contribution in [2.24, 2.45) is 4.99 Å². The van der Waals surface area contributed by atoms with Gasteiger partial charge in [-0.25, -0.2) is 9.38 Å². The van der Waals surface area contributed by atoms with Gasteiger partial charge in [-0.1, -0.05) is 74.7 Å². The van der Waals surface area contributed by atoms with Gasteiger partial charge in [0.2, 0.25) is 11.8 Å². The normalized spacial score (nSPS) is 17.0. The molecule has 0 saturated carbocycles. The van der Waals surface area contributed by atoms with Gasteiger partial charge in [-0.05, 0) is 42.7 Å². The SMILES string of the molecule is CCCCCCCN1C(=O)[C@@H](CC(=O)NCCc2ccccc2)SC1=Nc1ccc(F)cc1. The quantitative estimate of drug-likeness (QED) is 0.419. The number of aliphatic imine (C=N–C) groups is 1. The summed E-state index contributed by atoms with van der Waals surface area (Å²) >= 11 is 1.32. The van der Waals surface area contributed by atoms with Crippen molar-refractivity contribution in [3.05, 3.63) is 66.0 Å². The molecular weight excluding hydrogens is 437 g/mol. The van der Waals surface area contributed by atoms with E-state index < -0.39 is 5.25 Å². The van der Waals surface area contributed by atoms with Crippen LogP contribution in [0.15, 0.2) is 59.6 Å². The first-order chi connectivity index (χ1) is 16.1. The Morgan fingerprint density at radius 2 is 1.79 bits per heavy atom. The number of carbonyl (C=O) groups is 2. The zero-order valence-corrected chi connectivity index (χ0v) is 20.0. The fourth-order valence-corrected chi connectivity index (χ4v) is 4.85. The van der Waals surface area contributed by atoms with Crippen LogP contribution in [0, 0.1) is 5.82 Å². The highest BCUT2D eigenvalue weighted by atomic mass is 32.2. The zero-order chi connectivity index (χ0) is 23.5. The Balaban J connectivity index is 1.59. The zero-order valence-electron chi connectivity index (χ0n) is 19.1. The number of carbonyl (C=O) groups excluding carboxylic acids is 2. The molecule has 2 amide bonds. The van der Waals surface area contributed by atoms with Crippen LogP contribution in [0.5, 0.6) is 0 Å². The second kappa shape index (κ2) is 13.1. The molecule has 7 heteroatoms. The van der Waals surface area contributed by atoms with E-state index >= 15 is 0 Å². The lowest BCUT2D eigenvalue weighted by atomic mass is 10.1. The van der Waals surface area contributed by atoms with Crippen LogP contribution >= 0.6 is 11.8 Å². The highest BCUT2D eigenvalue weighted by molar-refractivity contribution is 8.15. The van der Waals surface area contributed by atoms with E-state index in [1.165, 1.54) is 30.3 Å². The number of thioether (sulfide) groups is 1. The largest absolute Gasteiger partial charge is 0.356 e. The van der Waals surface area contributed by atoms with Crippen LogP contribution in [0.1, 0.15) is 51.0 Å². The molecule has 1 saturated heterocycles. The Kier molecular flexibility index (Phi) is 9.94. The molecule has 0 unspecified atom stereocenters. The number of amides is 2. The van der Waals surface area contributed by atoms with Crippen molar-refractivity contribution in [3.63, 3.8) is 0 Å². The van der Waals surface area contributed by atoms with Crippen molar-refractivity contribution in [3.8, 4) is 0 Å². The first-order valence-corrected chi connectivity index (χ1v) is 12.6. The summed E-state index contributed by atoms with van der Waals surface area (Å²) in [5.41, 5.74) is 1.75. The number of benzene rings is 2. The monoisotopic (exact) mass is 469 g/mol. The molecule has 3 rings (SSSR count). The molecule has 0 spiro atoms. The third-order valence-electron chi connectivity index (χ3n) is 5.51. The van der Waals surface area contributed by atoms with E-state index in [1.807, 2.05) is 30.3 Å². The number of halogens is 1. The standard InChI is InChI=1S/C26H32FN3O2S/c1-2-3-4-5-9-18-30-25(32)23(33-26(30)29-22-14-12-21(27)13-15-22)19-24(31)28-17-16-20-10-7-6-8-11-20/h6-8,10-15,23H,2-5,9,16-19H2,1H3,(H,28,31)/t23-/m1/s1. The van der Waals surface area contributed by atoms with Crippen LogP contribution in [0.3, 0.4) is 0 Å². The van der Waals surface area contributed by atoms with E-state index in [2.05, 4.69) is 17.2 Å². The van der Waals surface area contributed by atoms with Crippen molar-refractivity contribution >= 4 is 34.4 Å². The highest BCUT2D eigenvalue weighted by Gasteiger charge is 2.38. The molecular formula is C26H32FN3O2S. The van der Waals surface area contributed by atoms with E-state index in [0.29, 0.717) is 23.9 Å². The first kappa shape index (κ1) is 25.0. The fourth-order valence-electron chi connectivity index (χ4n) is 3.66. The van der Waals surface area contributed by atoms with E-state index in [4.69, 9.17) is 0 Å². The summed E-state index contributed by atoms with van der Waals surface area (Å²) in [6, 6.07) is 15.9. The van der Waals surface area contributed by atoms with Crippen molar-refractivity contribution in [1.82, 2.24) is 10.2 Å². The summed E-state index contributed by atoms with van der Waals surface area (Å²) in [5.74, 6) is -0.538. The topological polar surface area (TPSA) is 61.8 Å². The second-order valence-electron chi connectivity index (χ2n) is 8.17. The van der Waals surface area contributed by atoms with E-state index in [-0.39, 0.29) is 24.1 Å². The van der Waals surface area contributed by atoms with Crippen molar-refractivity contribution in [2.75, 3.05) is 13.1 Å². The van der Waals surface area contributed by atoms with Gasteiger partial charge in [-0.15, -0.1) is 0 Å². The molecule has 2 aromatic carbocycles. The number of nitrogens with zero attached hydrogens (tertiary/aromatic N) is 2. The van der Waals surface area contributed by atoms with Gasteiger partial charge in [-0.3, -0.25) is 14.5 Å². The maximum atomic E-state index is 13.3. The minimum absolute atomic E-state index is 0.0745. The predicted octanol–water partition coefficient (Wildman–Crippen LogP) is 5.48. The summed E-state index contributed by atoms with van der Waals surface area (Å²) in [5, 5.41) is 3.02. The lowest BCUT2D eigenvalue weighted by Gasteiger charge is -2.16. The summed E-state index contributed by atoms with van der Waals surface area (Å²) in [4.78, 5) is 31.9. The van der Waals surface area contributed by atoms with Gasteiger partial charge in [0.05, 0.1) is 5.69 Å². The van der Waals surface area contributed by atoms with Crippen LogP contribution in [0.25, 0.3) is 0 Å². The molecule has 1 N–H and O–H groups in total. The predicted molar refractivity (Wildman–Crippen MR) is 133 cm³/mol. The molecule has 1 heterocycles. The number of nitrogens with one attached hydrogen (secondary N) is 1. The summed E-state index contributed by atoms with van der Waals surface area (Å²) in [6.45, 7) is 3.29. The molecule has 1 aliphatic rings. The third kappa shape index (κ3) is 8.00. The van der Waals surface area contributed by atoms with Crippen LogP contribution in [0.4, 0.5) is 10.1 Å². The molecule has 0 bridgehead atoms. The second-order valence-corrected chi connectivity index (χ2v) is 9.34. The van der Waals surface area contributed by atoms with E-state index in [9.17, 15) is 14.0 Å². The number of hydrogen-bond donors (Lipinski definition) is 1. The maximum absolute atomic E-state index is 13.3. The van der Waals surface area contributed by atoms with Crippen molar-refractivity contribution in [2.45, 2.75) is 57.1 Å². The summed E-state index contributed by atoms with van der Waals surface area (Å²) < 4.78 is 13.3. The lowest BCUT2D eigenvalue weighted by Crippen LogP contribution is -2.35. The van der Waals surface area contributed by atoms with E-state index in [0.717, 1.165) is 37.7 Å². The lowest BCUT2D eigenvalue weighted by molar-refractivity contribution is -0.129. The van der Waals surface area contributed by atoms with Crippen LogP contribution in [-0.2, 0) is 16.0 Å². The summed E-state index contributed by atoms with van der Waals surface area (Å²) in [6.07, 6.45) is 6.31. The summed E-state index contributed by atoms with van der Waals surface area (Å²) in [7, 11) is 0. The first-order valence-electron chi connectivity index (χ1n) is 11.7. The molecule has 5 nitrogen and oxygen atoms in total. The van der Waals surface area contributed by atoms with Crippen LogP contribution in [0.2, 0.25) is 0 Å². The molecule has 176 valence electrons. The van der Waals surface area contributed by atoms with Crippen molar-refractivity contribution in [1.29, 1.82) is 0 Å². The molecule has 33 heavy (non-hydrogen) atoms. The van der Waals surface area contributed by atoms with Crippen LogP contribution in [-0.4, -0.2) is 40.2 Å². The minimum Gasteiger partial charge on any atom is -0.356 e. The fraction of sp³-hybridized carbons (Fsp3) is 0.423. The molecule has 0 aromatic heterocycles. The van der Waals surface area contributed by atoms with Crippen molar-refractivity contribution < 1.29 is 14.0 Å². The van der Waals surface area contributed by atoms with Gasteiger partial charge in [0.25, 0.3) is 0 Å². The number of hydrogen-bond acceptors (Lipinski definition) is 4. The Labute approximate surface area is 199 Å². The smallest absolute Gasteiger partial charge is 0.242 e. The average Bonchev–Trinajstić information content (AvgIpc) is 3.10. The van der Waals surface area contributed by atoms with Gasteiger partial charge in [-0.2, -0.15) is 0 Å². The molecule has 0 radical (unpaired) electrons. The van der Waals surface area contributed by atoms with Gasteiger partial charge in [0.1, 0.15) is 11.1 Å². The average molecular weight is 470 g/mol. The highest BCUT2D eigenvalue weighted by Crippen LogP contribution is 2.32. The Bertz CT molecular complexity index is 934. The Morgan fingerprint density at radius 3 is 2.52 bits per heavy atom. The Morgan fingerprint density at radius 1 is 1.06 bits per heavy atom. The Hall–Kier alpha value is -2.67. The van der Waals surface area contributed by atoms with Crippen LogP contribution < -0.4 is 5.32 Å². The molecule has 0 aliphatic carbocycles. The molecule has 2 aromatic rings. The number of rotatable bonds is 12. The molecule has 1 atom stereocenters. The minimum atomic E-state index is -0.489. The third-order valence-corrected chi connectivity index (χ3v) is 6.68. The van der Waals surface area contributed by atoms with Gasteiger partial charge in [0.15, 0.2) is 5.17 Å². The van der Waals surface area contributed by atoms with E-state index in [1.54, 1.807) is 17.0 Å². The number of unbranched alkanes of at least 4 members (excludes halogenated alkanes) is 4. The molecule has 1 fully saturated rings. The van der Waals surface area contributed by atoms with Gasteiger partial charge >= 0.3 is 0 Å². The number of amidine groups is 1. The molecule has 1 aliphatic heterocycles.